The number of hydrogen-bond acceptors (Lipinski definition) is 2. The van der Waals surface area contributed by atoms with Gasteiger partial charge in [0.15, 0.2) is 0 Å². The molecule has 2 rings (SSSR count). The average Bonchev–Trinajstić information content (AvgIpc) is 2.58. The molecule has 90 valence electrons. The summed E-state index contributed by atoms with van der Waals surface area (Å²) in [6.07, 6.45) is 0. The molecule has 0 amide bonds. The van der Waals surface area contributed by atoms with E-state index in [1.54, 1.807) is 36.0 Å². The molecule has 6 heteroatoms. The van der Waals surface area contributed by atoms with Crippen LogP contribution in [0, 0.1) is 0 Å². The van der Waals surface area contributed by atoms with E-state index in [2.05, 4.69) is 5.10 Å². The Morgan fingerprint density at radius 3 is 2.53 bits per heavy atom. The van der Waals surface area contributed by atoms with Crippen molar-refractivity contribution in [1.82, 2.24) is 9.78 Å². The van der Waals surface area contributed by atoms with Gasteiger partial charge in [0.1, 0.15) is 0 Å². The molecule has 0 radical (unpaired) electrons. The van der Waals surface area contributed by atoms with Crippen molar-refractivity contribution >= 4 is 22.4 Å². The van der Waals surface area contributed by atoms with Gasteiger partial charge in [-0.25, -0.2) is 0 Å². The Morgan fingerprint density at radius 2 is 2.00 bits per heavy atom. The van der Waals surface area contributed by atoms with Gasteiger partial charge in [0.25, 0.3) is 5.56 Å². The van der Waals surface area contributed by atoms with Gasteiger partial charge < -0.3 is 0 Å². The van der Waals surface area contributed by atoms with Crippen molar-refractivity contribution < 1.29 is 4.21 Å². The summed E-state index contributed by atoms with van der Waals surface area (Å²) >= 11 is 5.76. The fourth-order valence-corrected chi connectivity index (χ4v) is 2.74. The summed E-state index contributed by atoms with van der Waals surface area (Å²) < 4.78 is 13.6. The Labute approximate surface area is 106 Å². The van der Waals surface area contributed by atoms with E-state index in [-0.39, 0.29) is 5.56 Å². The predicted octanol–water partition coefficient (Wildman–Crippen LogP) is 1.67. The first-order valence-corrected chi connectivity index (χ1v) is 6.65. The number of H-pyrrole nitrogens is 1. The highest BCUT2D eigenvalue weighted by atomic mass is 35.5. The summed E-state index contributed by atoms with van der Waals surface area (Å²) in [4.78, 5) is 11.8. The van der Waals surface area contributed by atoms with Crippen LogP contribution in [0.5, 0.6) is 0 Å². The summed E-state index contributed by atoms with van der Waals surface area (Å²) in [5.41, 5.74) is 0.527. The number of rotatable bonds is 3. The van der Waals surface area contributed by atoms with Crippen molar-refractivity contribution in [3.63, 3.8) is 0 Å². The van der Waals surface area contributed by atoms with Crippen LogP contribution in [0.1, 0.15) is 5.69 Å². The molecular weight excluding hydrogens is 260 g/mol. The number of aromatic nitrogens is 2. The van der Waals surface area contributed by atoms with Crippen molar-refractivity contribution in [1.29, 1.82) is 0 Å². The Balaban J connectivity index is 2.19. The highest BCUT2D eigenvalue weighted by molar-refractivity contribution is 7.84. The maximum Gasteiger partial charge on any atom is 0.264 e. The van der Waals surface area contributed by atoms with Crippen molar-refractivity contribution in [2.75, 3.05) is 0 Å². The molecule has 0 aliphatic carbocycles. The van der Waals surface area contributed by atoms with E-state index in [1.165, 1.54) is 6.07 Å². The summed E-state index contributed by atoms with van der Waals surface area (Å²) in [5.74, 6) is 0.302. The quantitative estimate of drug-likeness (QED) is 0.922. The van der Waals surface area contributed by atoms with Crippen LogP contribution in [0.4, 0.5) is 0 Å². The Morgan fingerprint density at radius 1 is 1.35 bits per heavy atom. The highest BCUT2D eigenvalue weighted by Gasteiger charge is 2.08. The van der Waals surface area contributed by atoms with E-state index in [1.807, 2.05) is 0 Å². The van der Waals surface area contributed by atoms with Gasteiger partial charge in [-0.15, -0.1) is 0 Å². The predicted molar refractivity (Wildman–Crippen MR) is 67.6 cm³/mol. The Kier molecular flexibility index (Phi) is 3.49. The maximum absolute atomic E-state index is 12.0. The van der Waals surface area contributed by atoms with Gasteiger partial charge in [-0.2, -0.15) is 0 Å². The topological polar surface area (TPSA) is 54.9 Å². The molecular formula is C11H11ClN2O2S. The van der Waals surface area contributed by atoms with E-state index < -0.39 is 10.8 Å². The molecule has 0 unspecified atom stereocenters. The average molecular weight is 271 g/mol. The van der Waals surface area contributed by atoms with E-state index in [9.17, 15) is 9.00 Å². The second-order valence-electron chi connectivity index (χ2n) is 3.61. The first kappa shape index (κ1) is 12.1. The second kappa shape index (κ2) is 4.89. The molecule has 0 bridgehead atoms. The largest absolute Gasteiger partial charge is 0.291 e. The zero-order valence-electron chi connectivity index (χ0n) is 9.14. The zero-order valence-corrected chi connectivity index (χ0v) is 10.7. The molecule has 17 heavy (non-hydrogen) atoms. The monoisotopic (exact) mass is 270 g/mol. The minimum absolute atomic E-state index is 0.185. The van der Waals surface area contributed by atoms with Crippen molar-refractivity contribution in [3.05, 3.63) is 51.4 Å². The minimum Gasteiger partial charge on any atom is -0.291 e. The first-order chi connectivity index (χ1) is 8.06. The summed E-state index contributed by atoms with van der Waals surface area (Å²) in [7, 11) is 0.540. The second-order valence-corrected chi connectivity index (χ2v) is 5.50. The number of hydrogen-bond donors (Lipinski definition) is 1. The lowest BCUT2D eigenvalue weighted by atomic mass is 10.4. The molecule has 0 spiro atoms. The molecule has 0 fully saturated rings. The van der Waals surface area contributed by atoms with Crippen molar-refractivity contribution in [2.45, 2.75) is 10.6 Å². The van der Waals surface area contributed by atoms with E-state index in [0.29, 0.717) is 21.4 Å². The normalized spacial score (nSPS) is 12.6. The molecule has 1 aromatic carbocycles. The lowest BCUT2D eigenvalue weighted by Crippen LogP contribution is -2.04. The maximum atomic E-state index is 12.0. The van der Waals surface area contributed by atoms with E-state index >= 15 is 0 Å². The first-order valence-electron chi connectivity index (χ1n) is 4.95. The number of benzene rings is 1. The third-order valence-corrected chi connectivity index (χ3v) is 3.97. The van der Waals surface area contributed by atoms with Gasteiger partial charge in [-0.3, -0.25) is 18.8 Å². The smallest absolute Gasteiger partial charge is 0.264 e. The molecule has 4 nitrogen and oxygen atoms in total. The molecule has 0 aliphatic heterocycles. The SMILES string of the molecule is Cn1[nH]c(=O)cc1C[S@@](=O)c1ccc(Cl)cc1. The van der Waals surface area contributed by atoms with Crippen LogP contribution in [0.15, 0.2) is 40.0 Å². The fraction of sp³-hybridized carbons (Fsp3) is 0.182. The zero-order chi connectivity index (χ0) is 12.4. The molecule has 0 saturated heterocycles. The van der Waals surface area contributed by atoms with Crippen molar-refractivity contribution in [2.24, 2.45) is 7.05 Å². The lowest BCUT2D eigenvalue weighted by molar-refractivity contribution is 0.676. The third kappa shape index (κ3) is 2.87. The fourth-order valence-electron chi connectivity index (χ4n) is 1.46. The van der Waals surface area contributed by atoms with Gasteiger partial charge in [0.2, 0.25) is 0 Å². The highest BCUT2D eigenvalue weighted by Crippen LogP contribution is 2.14. The Hall–Kier alpha value is -1.33. The summed E-state index contributed by atoms with van der Waals surface area (Å²) in [6.45, 7) is 0. The Bertz CT molecular complexity index is 601. The molecule has 0 aliphatic rings. The summed E-state index contributed by atoms with van der Waals surface area (Å²) in [5, 5.41) is 3.19. The lowest BCUT2D eigenvalue weighted by Gasteiger charge is -2.03. The minimum atomic E-state index is -1.18. The van der Waals surface area contributed by atoms with Gasteiger partial charge in [-0.05, 0) is 24.3 Å². The van der Waals surface area contributed by atoms with Gasteiger partial charge in [-0.1, -0.05) is 11.6 Å². The molecule has 1 heterocycles. The van der Waals surface area contributed by atoms with Crippen molar-refractivity contribution in [3.8, 4) is 0 Å². The van der Waals surface area contributed by atoms with Gasteiger partial charge >= 0.3 is 0 Å². The molecule has 1 N–H and O–H groups in total. The van der Waals surface area contributed by atoms with Crippen LogP contribution in [-0.4, -0.2) is 14.0 Å². The molecule has 1 atom stereocenters. The van der Waals surface area contributed by atoms with E-state index in [0.717, 1.165) is 0 Å². The molecule has 1 aromatic heterocycles. The molecule has 2 aromatic rings. The third-order valence-electron chi connectivity index (χ3n) is 2.36. The van der Waals surface area contributed by atoms with E-state index in [4.69, 9.17) is 11.6 Å². The number of nitrogens with one attached hydrogen (secondary N) is 1. The van der Waals surface area contributed by atoms with Crippen LogP contribution in [0.2, 0.25) is 5.02 Å². The number of aryl methyl sites for hydroxylation is 1. The van der Waals surface area contributed by atoms with Gasteiger partial charge in [0.05, 0.1) is 22.2 Å². The van der Waals surface area contributed by atoms with Crippen LogP contribution >= 0.6 is 11.6 Å². The van der Waals surface area contributed by atoms with Crippen LogP contribution in [-0.2, 0) is 23.6 Å². The number of nitrogens with zero attached hydrogens (tertiary/aromatic N) is 1. The van der Waals surface area contributed by atoms with Crippen LogP contribution in [0.25, 0.3) is 0 Å². The number of aromatic amines is 1. The van der Waals surface area contributed by atoms with Crippen LogP contribution < -0.4 is 5.56 Å². The van der Waals surface area contributed by atoms with Crippen LogP contribution in [0.3, 0.4) is 0 Å². The summed E-state index contributed by atoms with van der Waals surface area (Å²) in [6, 6.07) is 8.30. The molecule has 0 saturated carbocycles. The standard InChI is InChI=1S/C11H11ClN2O2S/c1-14-9(6-11(15)13-14)7-17(16)10-4-2-8(12)3-5-10/h2-6H,7H2,1H3,(H,13,15)/t17-/m1/s1. The van der Waals surface area contributed by atoms with Gasteiger partial charge in [0, 0.05) is 23.0 Å². The number of halogens is 1.